The fourth-order valence-corrected chi connectivity index (χ4v) is 10.7. The smallest absolute Gasteiger partial charge is 0.160 e. The first kappa shape index (κ1) is 38.1. The molecule has 10 aromatic carbocycles. The lowest BCUT2D eigenvalue weighted by atomic mass is 9.81. The van der Waals surface area contributed by atoms with Gasteiger partial charge in [-0.15, -0.1) is 0 Å². The van der Waals surface area contributed by atoms with Gasteiger partial charge in [-0.3, -0.25) is 0 Å². The molecule has 12 aromatic rings. The van der Waals surface area contributed by atoms with E-state index in [4.69, 9.17) is 9.97 Å². The third-order valence-electron chi connectivity index (χ3n) is 14.0. The SMILES string of the molecule is CC1(C)c2cc3ccccc3cc2-c2c(-c3cc(-c4ccc5cc(-c6ccccc6-c6ccc7c8ccccc8n(-c8ccccc8)c7c6)ccc5c4)nc(-c4ccccc4)n3)cccc21. The van der Waals surface area contributed by atoms with Crippen molar-refractivity contribution in [2.24, 2.45) is 0 Å². The summed E-state index contributed by atoms with van der Waals surface area (Å²) in [5.74, 6) is 0.714. The van der Waals surface area contributed by atoms with Gasteiger partial charge in [-0.1, -0.05) is 184 Å². The van der Waals surface area contributed by atoms with E-state index in [0.717, 1.165) is 39.2 Å². The van der Waals surface area contributed by atoms with Crippen molar-refractivity contribution in [1.29, 1.82) is 0 Å². The molecule has 3 nitrogen and oxygen atoms in total. The number of para-hydroxylation sites is 2. The number of benzene rings is 10. The molecule has 0 spiro atoms. The highest BCUT2D eigenvalue weighted by atomic mass is 15.0. The number of nitrogens with zero attached hydrogens (tertiary/aromatic N) is 3. The largest absolute Gasteiger partial charge is 0.309 e. The molecule has 0 unspecified atom stereocenters. The first-order chi connectivity index (χ1) is 32.5. The second-order valence-corrected chi connectivity index (χ2v) is 18.2. The summed E-state index contributed by atoms with van der Waals surface area (Å²) in [6.45, 7) is 4.70. The Morgan fingerprint density at radius 1 is 0.348 bits per heavy atom. The lowest BCUT2D eigenvalue weighted by Crippen LogP contribution is -2.14. The summed E-state index contributed by atoms with van der Waals surface area (Å²) in [4.78, 5) is 10.6. The Labute approximate surface area is 384 Å². The standard InChI is InChI=1S/C63H43N3/c1-63(2)55-26-15-25-53(61(55)54-36-41-18-9-10-19-42(41)37-56(54)63)58-39-57(64-62(65-58)40-16-5-3-6-17-40)47-31-29-43-34-45(30-28-44(43)35-47)49-22-11-12-23-50(49)46-32-33-52-51-24-13-14-27-59(51)66(60(52)38-46)48-20-7-4-8-21-48/h3-39H,1-2H3. The van der Waals surface area contributed by atoms with Gasteiger partial charge in [0.2, 0.25) is 0 Å². The highest BCUT2D eigenvalue weighted by Gasteiger charge is 2.37. The van der Waals surface area contributed by atoms with Gasteiger partial charge in [-0.25, -0.2) is 9.97 Å². The van der Waals surface area contributed by atoms with Gasteiger partial charge in [0.05, 0.1) is 22.4 Å². The van der Waals surface area contributed by atoms with Crippen LogP contribution in [-0.4, -0.2) is 14.5 Å². The zero-order valence-electron chi connectivity index (χ0n) is 36.7. The molecular formula is C63H43N3. The van der Waals surface area contributed by atoms with Crippen molar-refractivity contribution < 1.29 is 0 Å². The van der Waals surface area contributed by atoms with Crippen molar-refractivity contribution in [3.8, 4) is 73.0 Å². The predicted molar refractivity (Wildman–Crippen MR) is 276 cm³/mol. The van der Waals surface area contributed by atoms with E-state index < -0.39 is 0 Å². The van der Waals surface area contributed by atoms with E-state index in [2.05, 4.69) is 237 Å². The summed E-state index contributed by atoms with van der Waals surface area (Å²) in [5, 5.41) is 7.35. The van der Waals surface area contributed by atoms with Crippen molar-refractivity contribution in [3.63, 3.8) is 0 Å². The van der Waals surface area contributed by atoms with Crippen LogP contribution in [0.15, 0.2) is 224 Å². The molecule has 310 valence electrons. The van der Waals surface area contributed by atoms with Gasteiger partial charge in [0.1, 0.15) is 0 Å². The lowest BCUT2D eigenvalue weighted by molar-refractivity contribution is 0.661. The monoisotopic (exact) mass is 841 g/mol. The highest BCUT2D eigenvalue weighted by Crippen LogP contribution is 2.53. The van der Waals surface area contributed by atoms with E-state index >= 15 is 0 Å². The van der Waals surface area contributed by atoms with Crippen LogP contribution in [0, 0.1) is 0 Å². The van der Waals surface area contributed by atoms with Crippen LogP contribution in [0.5, 0.6) is 0 Å². The first-order valence-corrected chi connectivity index (χ1v) is 22.8. The molecule has 0 amide bonds. The maximum atomic E-state index is 5.34. The molecule has 0 N–H and O–H groups in total. The normalized spacial score (nSPS) is 12.8. The number of aromatic nitrogens is 3. The molecule has 0 saturated carbocycles. The Morgan fingerprint density at radius 3 is 1.71 bits per heavy atom. The zero-order valence-corrected chi connectivity index (χ0v) is 36.7. The van der Waals surface area contributed by atoms with Crippen molar-refractivity contribution in [2.75, 3.05) is 0 Å². The first-order valence-electron chi connectivity index (χ1n) is 22.8. The van der Waals surface area contributed by atoms with Gasteiger partial charge >= 0.3 is 0 Å². The third kappa shape index (κ3) is 6.04. The quantitative estimate of drug-likeness (QED) is 0.167. The van der Waals surface area contributed by atoms with Crippen LogP contribution in [0.2, 0.25) is 0 Å². The van der Waals surface area contributed by atoms with Crippen molar-refractivity contribution in [1.82, 2.24) is 14.5 Å². The van der Waals surface area contributed by atoms with Crippen molar-refractivity contribution in [3.05, 3.63) is 236 Å². The minimum atomic E-state index is -0.155. The summed E-state index contributed by atoms with van der Waals surface area (Å²) in [6.07, 6.45) is 0. The van der Waals surface area contributed by atoms with E-state index in [1.54, 1.807) is 0 Å². The van der Waals surface area contributed by atoms with Gasteiger partial charge in [0.15, 0.2) is 5.82 Å². The van der Waals surface area contributed by atoms with Crippen LogP contribution in [0.1, 0.15) is 25.0 Å². The second kappa shape index (κ2) is 14.8. The summed E-state index contributed by atoms with van der Waals surface area (Å²) in [7, 11) is 0. The van der Waals surface area contributed by atoms with E-state index in [1.165, 1.54) is 82.5 Å². The van der Waals surface area contributed by atoms with Crippen molar-refractivity contribution >= 4 is 43.4 Å². The summed E-state index contributed by atoms with van der Waals surface area (Å²) in [5.41, 5.74) is 18.4. The fraction of sp³-hybridized carbons (Fsp3) is 0.0476. The topological polar surface area (TPSA) is 30.7 Å². The number of hydrogen-bond donors (Lipinski definition) is 0. The number of rotatable bonds is 6. The molecule has 1 aliphatic carbocycles. The van der Waals surface area contributed by atoms with Crippen LogP contribution in [-0.2, 0) is 5.41 Å². The maximum Gasteiger partial charge on any atom is 0.160 e. The molecule has 0 fully saturated rings. The van der Waals surface area contributed by atoms with E-state index in [9.17, 15) is 0 Å². The van der Waals surface area contributed by atoms with Crippen LogP contribution in [0.4, 0.5) is 0 Å². The summed E-state index contributed by atoms with van der Waals surface area (Å²) >= 11 is 0. The molecule has 66 heavy (non-hydrogen) atoms. The average Bonchev–Trinajstić information content (AvgIpc) is 3.83. The Kier molecular flexibility index (Phi) is 8.56. The Bertz CT molecular complexity index is 3900. The summed E-state index contributed by atoms with van der Waals surface area (Å²) in [6, 6.07) is 81.4. The average molecular weight is 842 g/mol. The van der Waals surface area contributed by atoms with Gasteiger partial charge < -0.3 is 4.57 Å². The molecule has 0 radical (unpaired) electrons. The highest BCUT2D eigenvalue weighted by molar-refractivity contribution is 6.10. The minimum absolute atomic E-state index is 0.155. The van der Waals surface area contributed by atoms with E-state index in [0.29, 0.717) is 5.82 Å². The van der Waals surface area contributed by atoms with Gasteiger partial charge in [0, 0.05) is 38.6 Å². The van der Waals surface area contributed by atoms with Crippen LogP contribution in [0.25, 0.3) is 116 Å². The molecular weight excluding hydrogens is 799 g/mol. The Morgan fingerprint density at radius 2 is 0.924 bits per heavy atom. The zero-order chi connectivity index (χ0) is 43.9. The maximum absolute atomic E-state index is 5.34. The Hall–Kier alpha value is -8.40. The Balaban J connectivity index is 0.914. The van der Waals surface area contributed by atoms with Crippen LogP contribution in [0.3, 0.4) is 0 Å². The second-order valence-electron chi connectivity index (χ2n) is 18.2. The van der Waals surface area contributed by atoms with E-state index in [1.807, 2.05) is 6.07 Å². The predicted octanol–water partition coefficient (Wildman–Crippen LogP) is 16.5. The summed E-state index contributed by atoms with van der Waals surface area (Å²) < 4.78 is 2.39. The van der Waals surface area contributed by atoms with E-state index in [-0.39, 0.29) is 5.41 Å². The molecule has 0 saturated heterocycles. The molecule has 0 aliphatic heterocycles. The minimum Gasteiger partial charge on any atom is -0.309 e. The van der Waals surface area contributed by atoms with Gasteiger partial charge in [-0.2, -0.15) is 0 Å². The molecule has 3 heteroatoms. The van der Waals surface area contributed by atoms with Crippen LogP contribution >= 0.6 is 0 Å². The molecule has 1 aliphatic rings. The molecule has 0 bridgehead atoms. The van der Waals surface area contributed by atoms with Crippen LogP contribution < -0.4 is 0 Å². The lowest BCUT2D eigenvalue weighted by Gasteiger charge is -2.22. The van der Waals surface area contributed by atoms with Gasteiger partial charge in [0.25, 0.3) is 0 Å². The fourth-order valence-electron chi connectivity index (χ4n) is 10.7. The number of hydrogen-bond acceptors (Lipinski definition) is 2. The van der Waals surface area contributed by atoms with Crippen molar-refractivity contribution in [2.45, 2.75) is 19.3 Å². The molecule has 13 rings (SSSR count). The van der Waals surface area contributed by atoms with Gasteiger partial charge in [-0.05, 0) is 121 Å². The number of fused-ring (bicyclic) bond motifs is 8. The third-order valence-corrected chi connectivity index (χ3v) is 14.0. The molecule has 2 aromatic heterocycles. The molecule has 0 atom stereocenters. The molecule has 2 heterocycles.